The summed E-state index contributed by atoms with van der Waals surface area (Å²) in [4.78, 5) is 23.7. The van der Waals surface area contributed by atoms with E-state index in [2.05, 4.69) is 15.3 Å². The van der Waals surface area contributed by atoms with E-state index in [1.165, 1.54) is 37.7 Å². The molecule has 192 valence electrons. The number of rotatable bonds is 5. The Balaban J connectivity index is 1.13. The van der Waals surface area contributed by atoms with Gasteiger partial charge in [0, 0.05) is 37.2 Å². The van der Waals surface area contributed by atoms with Gasteiger partial charge in [-0.15, -0.1) is 0 Å². The minimum atomic E-state index is -4.73. The van der Waals surface area contributed by atoms with Gasteiger partial charge in [-0.25, -0.2) is 14.4 Å². The zero-order chi connectivity index (χ0) is 25.1. The van der Waals surface area contributed by atoms with Gasteiger partial charge in [-0.3, -0.25) is 9.69 Å². The molecule has 0 spiro atoms. The molecule has 1 amide bonds. The summed E-state index contributed by atoms with van der Waals surface area (Å²) in [5.74, 6) is 1.65. The van der Waals surface area contributed by atoms with Gasteiger partial charge < -0.3 is 5.32 Å². The number of anilines is 1. The fourth-order valence-electron chi connectivity index (χ4n) is 7.84. The second-order valence-corrected chi connectivity index (χ2v) is 11.5. The fraction of sp³-hybridized carbons (Fsp3) is 0.593. The first-order valence-corrected chi connectivity index (χ1v) is 12.9. The van der Waals surface area contributed by atoms with Crippen LogP contribution in [-0.2, 0) is 30.5 Å². The summed E-state index contributed by atoms with van der Waals surface area (Å²) in [5, 5.41) is 3.05. The summed E-state index contributed by atoms with van der Waals surface area (Å²) in [6.07, 6.45) is 5.24. The molecule has 4 bridgehead atoms. The van der Waals surface area contributed by atoms with Gasteiger partial charge in [0.25, 0.3) is 0 Å². The number of hydrogen-bond acceptors (Lipinski definition) is 4. The van der Waals surface area contributed by atoms with Gasteiger partial charge in [-0.2, -0.15) is 13.2 Å². The molecule has 7 rings (SSSR count). The highest BCUT2D eigenvalue weighted by atomic mass is 19.4. The molecule has 4 aliphatic carbocycles. The minimum Gasteiger partial charge on any atom is -0.310 e. The predicted molar refractivity (Wildman–Crippen MR) is 125 cm³/mol. The van der Waals surface area contributed by atoms with Crippen LogP contribution in [0.2, 0.25) is 0 Å². The van der Waals surface area contributed by atoms with Crippen molar-refractivity contribution in [2.45, 2.75) is 70.6 Å². The number of nitrogens with zero attached hydrogens (tertiary/aromatic N) is 3. The van der Waals surface area contributed by atoms with E-state index in [4.69, 9.17) is 0 Å². The van der Waals surface area contributed by atoms with Crippen LogP contribution in [0.5, 0.6) is 0 Å². The normalized spacial score (nSPS) is 29.3. The zero-order valence-electron chi connectivity index (χ0n) is 20.1. The standard InChI is InChI=1S/C27H30F4N4O/c28-24-19(2-1-3-21(24)27(29,30)31)13-35-5-4-20-22(14-35)32-15-33-25(20)34-23(36)12-26-9-16-6-17(10-26)8-18(7-16)11-26/h1-3,15-18H,4-14H2,(H,32,33,34,36). The zero-order valence-corrected chi connectivity index (χ0v) is 20.1. The third-order valence-electron chi connectivity index (χ3n) is 8.82. The summed E-state index contributed by atoms with van der Waals surface area (Å²) in [5.41, 5.74) is 0.471. The van der Waals surface area contributed by atoms with Crippen molar-refractivity contribution in [1.29, 1.82) is 0 Å². The molecule has 0 radical (unpaired) electrons. The maximum atomic E-state index is 14.5. The van der Waals surface area contributed by atoms with Crippen LogP contribution in [0.25, 0.3) is 0 Å². The Morgan fingerprint density at radius 2 is 1.78 bits per heavy atom. The average Bonchev–Trinajstić information content (AvgIpc) is 2.78. The van der Waals surface area contributed by atoms with E-state index in [0.717, 1.165) is 48.6 Å². The number of hydrogen-bond donors (Lipinski definition) is 1. The van der Waals surface area contributed by atoms with Crippen molar-refractivity contribution in [1.82, 2.24) is 14.9 Å². The highest BCUT2D eigenvalue weighted by molar-refractivity contribution is 5.91. The van der Waals surface area contributed by atoms with Gasteiger partial charge in [0.2, 0.25) is 5.91 Å². The quantitative estimate of drug-likeness (QED) is 0.530. The molecule has 0 atom stereocenters. The molecule has 2 aromatic rings. The van der Waals surface area contributed by atoms with E-state index >= 15 is 0 Å². The van der Waals surface area contributed by atoms with Crippen molar-refractivity contribution in [3.8, 4) is 0 Å². The molecule has 4 fully saturated rings. The Labute approximate surface area is 207 Å². The van der Waals surface area contributed by atoms with Crippen molar-refractivity contribution < 1.29 is 22.4 Å². The molecule has 2 heterocycles. The van der Waals surface area contributed by atoms with Gasteiger partial charge in [0.05, 0.1) is 11.3 Å². The van der Waals surface area contributed by atoms with Gasteiger partial charge >= 0.3 is 6.18 Å². The van der Waals surface area contributed by atoms with Gasteiger partial charge in [-0.05, 0) is 74.2 Å². The number of carbonyl (C=O) groups excluding carboxylic acids is 1. The van der Waals surface area contributed by atoms with Crippen molar-refractivity contribution >= 4 is 11.7 Å². The number of halogens is 4. The van der Waals surface area contributed by atoms with Crippen LogP contribution in [0.15, 0.2) is 24.5 Å². The summed E-state index contributed by atoms with van der Waals surface area (Å²) in [7, 11) is 0. The molecule has 1 N–H and O–H groups in total. The Morgan fingerprint density at radius 3 is 2.44 bits per heavy atom. The van der Waals surface area contributed by atoms with E-state index in [1.807, 2.05) is 4.90 Å². The van der Waals surface area contributed by atoms with E-state index in [9.17, 15) is 22.4 Å². The fourth-order valence-corrected chi connectivity index (χ4v) is 7.84. The highest BCUT2D eigenvalue weighted by Crippen LogP contribution is 2.61. The molecule has 1 aromatic heterocycles. The molecule has 0 unspecified atom stereocenters. The lowest BCUT2D eigenvalue weighted by molar-refractivity contribution is -0.140. The molecule has 36 heavy (non-hydrogen) atoms. The predicted octanol–water partition coefficient (Wildman–Crippen LogP) is 5.74. The smallest absolute Gasteiger partial charge is 0.310 e. The van der Waals surface area contributed by atoms with E-state index < -0.39 is 17.6 Å². The Morgan fingerprint density at radius 1 is 1.08 bits per heavy atom. The van der Waals surface area contributed by atoms with Crippen LogP contribution < -0.4 is 5.32 Å². The van der Waals surface area contributed by atoms with Gasteiger partial charge in [0.1, 0.15) is 18.0 Å². The minimum absolute atomic E-state index is 0.00585. The summed E-state index contributed by atoms with van der Waals surface area (Å²) >= 11 is 0. The van der Waals surface area contributed by atoms with Gasteiger partial charge in [-0.1, -0.05) is 12.1 Å². The second kappa shape index (κ2) is 8.78. The Hall–Kier alpha value is -2.55. The number of benzene rings is 1. The number of amides is 1. The lowest BCUT2D eigenvalue weighted by atomic mass is 9.49. The second-order valence-electron chi connectivity index (χ2n) is 11.5. The summed E-state index contributed by atoms with van der Waals surface area (Å²) in [6, 6.07) is 3.38. The molecular formula is C27H30F4N4O. The van der Waals surface area contributed by atoms with Crippen molar-refractivity contribution in [2.24, 2.45) is 23.2 Å². The van der Waals surface area contributed by atoms with Crippen LogP contribution >= 0.6 is 0 Å². The lowest BCUT2D eigenvalue weighted by Crippen LogP contribution is -2.47. The third-order valence-corrected chi connectivity index (χ3v) is 8.82. The molecule has 9 heteroatoms. The molecule has 5 nitrogen and oxygen atoms in total. The molecule has 1 aliphatic heterocycles. The van der Waals surface area contributed by atoms with Crippen LogP contribution in [0, 0.1) is 29.0 Å². The summed E-state index contributed by atoms with van der Waals surface area (Å²) in [6.45, 7) is 0.909. The molecule has 5 aliphatic rings. The maximum Gasteiger partial charge on any atom is 0.419 e. The van der Waals surface area contributed by atoms with E-state index in [0.29, 0.717) is 37.4 Å². The van der Waals surface area contributed by atoms with Crippen molar-refractivity contribution in [3.05, 3.63) is 52.7 Å². The SMILES string of the molecule is O=C(CC12CC3CC(CC(C3)C1)C2)Nc1ncnc2c1CCN(Cc1cccc(C(F)(F)F)c1F)C2. The molecule has 4 saturated carbocycles. The average molecular weight is 503 g/mol. The Kier molecular flexibility index (Phi) is 5.81. The van der Waals surface area contributed by atoms with Crippen molar-refractivity contribution in [2.75, 3.05) is 11.9 Å². The van der Waals surface area contributed by atoms with Crippen LogP contribution in [0.1, 0.15) is 67.3 Å². The first-order chi connectivity index (χ1) is 17.2. The van der Waals surface area contributed by atoms with Crippen LogP contribution in [0.3, 0.4) is 0 Å². The monoisotopic (exact) mass is 502 g/mol. The van der Waals surface area contributed by atoms with E-state index in [1.54, 1.807) is 0 Å². The largest absolute Gasteiger partial charge is 0.419 e. The molecule has 1 aromatic carbocycles. The number of alkyl halides is 3. The lowest BCUT2D eigenvalue weighted by Gasteiger charge is -2.56. The van der Waals surface area contributed by atoms with Crippen molar-refractivity contribution in [3.63, 3.8) is 0 Å². The first kappa shape index (κ1) is 23.8. The van der Waals surface area contributed by atoms with Crippen LogP contribution in [0.4, 0.5) is 23.4 Å². The topological polar surface area (TPSA) is 58.1 Å². The summed E-state index contributed by atoms with van der Waals surface area (Å²) < 4.78 is 53.8. The van der Waals surface area contributed by atoms with E-state index in [-0.39, 0.29) is 23.4 Å². The molecular weight excluding hydrogens is 472 g/mol. The number of nitrogens with one attached hydrogen (secondary N) is 1. The Bertz CT molecular complexity index is 1150. The highest BCUT2D eigenvalue weighted by Gasteiger charge is 2.51. The molecule has 0 saturated heterocycles. The number of carbonyl (C=O) groups is 1. The van der Waals surface area contributed by atoms with Crippen LogP contribution in [-0.4, -0.2) is 27.3 Å². The number of fused-ring (bicyclic) bond motifs is 1. The number of aromatic nitrogens is 2. The first-order valence-electron chi connectivity index (χ1n) is 12.9. The maximum absolute atomic E-state index is 14.5. The van der Waals surface area contributed by atoms with Gasteiger partial charge in [0.15, 0.2) is 0 Å². The third kappa shape index (κ3) is 4.51.